The summed E-state index contributed by atoms with van der Waals surface area (Å²) in [5.41, 5.74) is 4.59. The van der Waals surface area contributed by atoms with Crippen molar-refractivity contribution in [1.82, 2.24) is 19.9 Å². The van der Waals surface area contributed by atoms with Gasteiger partial charge in [-0.1, -0.05) is 12.1 Å². The summed E-state index contributed by atoms with van der Waals surface area (Å²) in [6.45, 7) is 0.514. The third-order valence-electron chi connectivity index (χ3n) is 6.64. The summed E-state index contributed by atoms with van der Waals surface area (Å²) in [6, 6.07) is 16.6. The lowest BCUT2D eigenvalue weighted by Crippen LogP contribution is -2.42. The normalized spacial score (nSPS) is 13.8. The maximum Gasteiger partial charge on any atom is 0.337 e. The van der Waals surface area contributed by atoms with E-state index < -0.39 is 12.6 Å². The Morgan fingerprint density at radius 3 is 2.53 bits per heavy atom. The van der Waals surface area contributed by atoms with Crippen molar-refractivity contribution < 1.29 is 24.2 Å². The van der Waals surface area contributed by atoms with E-state index >= 15 is 0 Å². The van der Waals surface area contributed by atoms with E-state index in [1.54, 1.807) is 29.2 Å². The van der Waals surface area contributed by atoms with Gasteiger partial charge in [-0.05, 0) is 42.0 Å². The largest absolute Gasteiger partial charge is 0.489 e. The summed E-state index contributed by atoms with van der Waals surface area (Å²) in [5.74, 6) is -0.203. The summed E-state index contributed by atoms with van der Waals surface area (Å²) in [7, 11) is 1.34. The van der Waals surface area contributed by atoms with Gasteiger partial charge in [0.05, 0.1) is 23.9 Å². The Hall–Kier alpha value is -4.75. The quantitative estimate of drug-likeness (QED) is 0.376. The molecule has 0 bridgehead atoms. The number of rotatable bonds is 6. The van der Waals surface area contributed by atoms with E-state index in [0.717, 1.165) is 22.2 Å². The van der Waals surface area contributed by atoms with E-state index in [0.29, 0.717) is 54.1 Å². The molecule has 192 valence electrons. The predicted octanol–water partition coefficient (Wildman–Crippen LogP) is 3.31. The summed E-state index contributed by atoms with van der Waals surface area (Å²) in [6.07, 6.45) is 2.59. The number of methoxy groups -OCH3 is 1. The molecule has 10 nitrogen and oxygen atoms in total. The number of hydrogen-bond donors (Lipinski definition) is 2. The lowest BCUT2D eigenvalue weighted by molar-refractivity contribution is -0.135. The van der Waals surface area contributed by atoms with E-state index in [-0.39, 0.29) is 12.0 Å². The van der Waals surface area contributed by atoms with Crippen LogP contribution >= 0.6 is 0 Å². The number of piperidine rings is 1. The van der Waals surface area contributed by atoms with Crippen molar-refractivity contribution in [3.63, 3.8) is 0 Å². The highest BCUT2D eigenvalue weighted by Crippen LogP contribution is 2.33. The molecule has 2 aromatic carbocycles. The molecule has 2 aromatic heterocycles. The first-order valence-electron chi connectivity index (χ1n) is 12.1. The summed E-state index contributed by atoms with van der Waals surface area (Å²) >= 11 is 0. The van der Waals surface area contributed by atoms with Gasteiger partial charge < -0.3 is 24.5 Å². The van der Waals surface area contributed by atoms with Crippen LogP contribution in [0, 0.1) is 11.3 Å². The molecule has 3 heterocycles. The van der Waals surface area contributed by atoms with E-state index in [1.807, 2.05) is 24.3 Å². The number of amides is 1. The minimum atomic E-state index is -0.494. The van der Waals surface area contributed by atoms with Crippen molar-refractivity contribution in [3.8, 4) is 34.3 Å². The highest BCUT2D eigenvalue weighted by Gasteiger charge is 2.24. The lowest BCUT2D eigenvalue weighted by atomic mass is 10.0. The second-order valence-corrected chi connectivity index (χ2v) is 8.92. The van der Waals surface area contributed by atoms with Gasteiger partial charge in [-0.25, -0.2) is 14.8 Å². The van der Waals surface area contributed by atoms with Crippen molar-refractivity contribution in [1.29, 1.82) is 5.26 Å². The fourth-order valence-corrected chi connectivity index (χ4v) is 4.60. The molecule has 0 unspecified atom stereocenters. The number of likely N-dealkylation sites (tertiary alicyclic amines) is 1. The van der Waals surface area contributed by atoms with Gasteiger partial charge >= 0.3 is 5.97 Å². The van der Waals surface area contributed by atoms with E-state index in [1.165, 1.54) is 13.4 Å². The molecule has 1 saturated heterocycles. The number of fused-ring (bicyclic) bond motifs is 1. The van der Waals surface area contributed by atoms with Crippen molar-refractivity contribution in [2.75, 3.05) is 26.8 Å². The van der Waals surface area contributed by atoms with Crippen LogP contribution in [0.4, 0.5) is 0 Å². The van der Waals surface area contributed by atoms with Gasteiger partial charge in [0.15, 0.2) is 0 Å². The smallest absolute Gasteiger partial charge is 0.337 e. The fourth-order valence-electron chi connectivity index (χ4n) is 4.60. The van der Waals surface area contributed by atoms with E-state index in [9.17, 15) is 14.9 Å². The van der Waals surface area contributed by atoms with Crippen LogP contribution < -0.4 is 4.74 Å². The molecule has 0 saturated carbocycles. The SMILES string of the molecule is COC(=O)c1ccc(-c2cc3c(-c4ccc(OC5CCN(C(=O)CO)CC5)c(C#N)c4)ncnc3[nH]2)cc1. The number of nitrogens with zero attached hydrogens (tertiary/aromatic N) is 4. The highest BCUT2D eigenvalue weighted by atomic mass is 16.5. The number of hydrogen-bond acceptors (Lipinski definition) is 8. The minimum absolute atomic E-state index is 0.126. The molecular formula is C28H25N5O5. The molecule has 0 spiro atoms. The second kappa shape index (κ2) is 10.7. The van der Waals surface area contributed by atoms with Gasteiger partial charge in [-0.15, -0.1) is 0 Å². The monoisotopic (exact) mass is 511 g/mol. The zero-order valence-electron chi connectivity index (χ0n) is 20.7. The molecule has 0 radical (unpaired) electrons. The summed E-state index contributed by atoms with van der Waals surface area (Å²) < 4.78 is 10.9. The van der Waals surface area contributed by atoms with Gasteiger partial charge in [0, 0.05) is 42.6 Å². The lowest BCUT2D eigenvalue weighted by Gasteiger charge is -2.32. The number of benzene rings is 2. The second-order valence-electron chi connectivity index (χ2n) is 8.92. The Labute approximate surface area is 218 Å². The average molecular weight is 512 g/mol. The first-order valence-corrected chi connectivity index (χ1v) is 12.1. The Kier molecular flexibility index (Phi) is 7.02. The molecule has 5 rings (SSSR count). The van der Waals surface area contributed by atoms with Crippen LogP contribution in [0.5, 0.6) is 5.75 Å². The van der Waals surface area contributed by atoms with E-state index in [2.05, 4.69) is 21.0 Å². The van der Waals surface area contributed by atoms with Crippen LogP contribution in [-0.2, 0) is 9.53 Å². The molecule has 4 aromatic rings. The molecule has 0 atom stereocenters. The first kappa shape index (κ1) is 24.9. The maximum atomic E-state index is 11.7. The van der Waals surface area contributed by atoms with Gasteiger partial charge in [-0.3, -0.25) is 4.79 Å². The van der Waals surface area contributed by atoms with Crippen LogP contribution in [0.3, 0.4) is 0 Å². The summed E-state index contributed by atoms with van der Waals surface area (Å²) in [5, 5.41) is 19.7. The molecule has 2 N–H and O–H groups in total. The van der Waals surface area contributed by atoms with Crippen LogP contribution in [0.1, 0.15) is 28.8 Å². The van der Waals surface area contributed by atoms with Crippen molar-refractivity contribution in [2.45, 2.75) is 18.9 Å². The molecule has 1 amide bonds. The van der Waals surface area contributed by atoms with Gasteiger partial charge in [0.1, 0.15) is 36.5 Å². The number of esters is 1. The summed E-state index contributed by atoms with van der Waals surface area (Å²) in [4.78, 5) is 37.2. The Balaban J connectivity index is 1.39. The van der Waals surface area contributed by atoms with Gasteiger partial charge in [0.25, 0.3) is 0 Å². The number of aromatic amines is 1. The number of carbonyl (C=O) groups is 2. The molecule has 38 heavy (non-hydrogen) atoms. The fraction of sp³-hybridized carbons (Fsp3) is 0.250. The number of aliphatic hydroxyl groups excluding tert-OH is 1. The average Bonchev–Trinajstić information content (AvgIpc) is 3.42. The number of aliphatic hydroxyl groups is 1. The topological polar surface area (TPSA) is 141 Å². The van der Waals surface area contributed by atoms with Crippen LogP contribution in [0.15, 0.2) is 54.9 Å². The molecule has 1 aliphatic rings. The Morgan fingerprint density at radius 1 is 1.11 bits per heavy atom. The zero-order chi connectivity index (χ0) is 26.6. The number of nitriles is 1. The number of carbonyl (C=O) groups excluding carboxylic acids is 2. The number of aromatic nitrogens is 3. The van der Waals surface area contributed by atoms with Crippen LogP contribution in [0.2, 0.25) is 0 Å². The third-order valence-corrected chi connectivity index (χ3v) is 6.64. The Bertz CT molecular complexity index is 1530. The number of nitrogens with one attached hydrogen (secondary N) is 1. The Morgan fingerprint density at radius 2 is 1.84 bits per heavy atom. The van der Waals surface area contributed by atoms with Crippen LogP contribution in [-0.4, -0.2) is 69.7 Å². The molecule has 1 aliphatic heterocycles. The molecule has 0 aliphatic carbocycles. The third kappa shape index (κ3) is 4.92. The van der Waals surface area contributed by atoms with Crippen molar-refractivity contribution >= 4 is 22.9 Å². The predicted molar refractivity (Wildman–Crippen MR) is 138 cm³/mol. The molecule has 1 fully saturated rings. The number of H-pyrrole nitrogens is 1. The van der Waals surface area contributed by atoms with Crippen molar-refractivity contribution in [2.24, 2.45) is 0 Å². The maximum absolute atomic E-state index is 11.7. The van der Waals surface area contributed by atoms with Gasteiger partial charge in [-0.2, -0.15) is 5.26 Å². The highest BCUT2D eigenvalue weighted by molar-refractivity contribution is 5.95. The first-order chi connectivity index (χ1) is 18.5. The standard InChI is InChI=1S/C28H25N5O5/c1-37-28(36)18-4-2-17(3-5-18)23-13-22-26(30-16-31-27(22)32-23)19-6-7-24(20(12-19)14-29)38-21-8-10-33(11-9-21)25(35)15-34/h2-7,12-13,16,21,34H,8-11,15H2,1H3,(H,30,31,32). The van der Waals surface area contributed by atoms with Crippen molar-refractivity contribution in [3.05, 3.63) is 66.0 Å². The van der Waals surface area contributed by atoms with Gasteiger partial charge in [0.2, 0.25) is 5.91 Å². The number of ether oxygens (including phenoxy) is 2. The zero-order valence-corrected chi connectivity index (χ0v) is 20.7. The molecule has 10 heteroatoms. The molecular weight excluding hydrogens is 486 g/mol. The van der Waals surface area contributed by atoms with E-state index in [4.69, 9.17) is 14.6 Å². The van der Waals surface area contributed by atoms with Crippen LogP contribution in [0.25, 0.3) is 33.5 Å². The minimum Gasteiger partial charge on any atom is -0.489 e.